The highest BCUT2D eigenvalue weighted by Crippen LogP contribution is 2.65. The van der Waals surface area contributed by atoms with Crippen LogP contribution in [-0.2, 0) is 4.79 Å². The molecule has 1 saturated carbocycles. The lowest BCUT2D eigenvalue weighted by atomic mass is 10.1. The minimum atomic E-state index is -1.32. The van der Waals surface area contributed by atoms with Gasteiger partial charge in [-0.15, -0.1) is 23.2 Å². The number of nitrogens with one attached hydrogen (secondary N) is 2. The van der Waals surface area contributed by atoms with Crippen LogP contribution in [0.15, 0.2) is 67.2 Å². The van der Waals surface area contributed by atoms with E-state index in [0.717, 1.165) is 11.1 Å². The minimum Gasteiger partial charge on any atom is -0.326 e. The van der Waals surface area contributed by atoms with Gasteiger partial charge in [0.1, 0.15) is 10.2 Å². The number of carbonyl (C=O) groups excluding carboxylic acids is 2. The molecule has 3 aromatic carbocycles. The Kier molecular flexibility index (Phi) is 6.92. The van der Waals surface area contributed by atoms with Crippen molar-refractivity contribution in [1.82, 2.24) is 0 Å². The van der Waals surface area contributed by atoms with Crippen LogP contribution in [0.3, 0.4) is 0 Å². The fourth-order valence-electron chi connectivity index (χ4n) is 3.73. The third-order valence-electron chi connectivity index (χ3n) is 5.45. The summed E-state index contributed by atoms with van der Waals surface area (Å²) in [5.41, 5.74) is 2.37. The summed E-state index contributed by atoms with van der Waals surface area (Å²) in [4.78, 5) is 25.7. The summed E-state index contributed by atoms with van der Waals surface area (Å²) >= 11 is 25.3. The first-order valence-corrected chi connectivity index (χ1v) is 11.6. The predicted molar refractivity (Wildman–Crippen MR) is 137 cm³/mol. The Morgan fingerprint density at radius 1 is 0.941 bits per heavy atom. The Labute approximate surface area is 215 Å². The number of benzene rings is 3. The van der Waals surface area contributed by atoms with Gasteiger partial charge in [-0.2, -0.15) is 0 Å². The second-order valence-electron chi connectivity index (χ2n) is 7.80. The average Bonchev–Trinajstić information content (AvgIpc) is 3.38. The highest BCUT2D eigenvalue weighted by molar-refractivity contribution is 6.53. The molecule has 1 aliphatic carbocycles. The zero-order valence-corrected chi connectivity index (χ0v) is 20.4. The van der Waals surface area contributed by atoms with Crippen LogP contribution in [0.25, 0.3) is 6.08 Å². The maximum absolute atomic E-state index is 13.1. The Hall–Kier alpha value is -2.57. The van der Waals surface area contributed by atoms with Crippen LogP contribution >= 0.6 is 46.4 Å². The number of anilines is 2. The first-order chi connectivity index (χ1) is 16.1. The average molecular weight is 538 g/mol. The molecule has 3 aromatic rings. The molecule has 34 heavy (non-hydrogen) atoms. The summed E-state index contributed by atoms with van der Waals surface area (Å²) < 4.78 is 11.8. The van der Waals surface area contributed by atoms with Crippen LogP contribution in [0.5, 0.6) is 0 Å². The van der Waals surface area contributed by atoms with Crippen LogP contribution in [0.1, 0.15) is 27.4 Å². The molecule has 2 atom stereocenters. The van der Waals surface area contributed by atoms with Crippen LogP contribution in [0.2, 0.25) is 10.0 Å². The normalized spacial score (nSPS) is 18.1. The number of alkyl halides is 2. The van der Waals surface area contributed by atoms with Crippen molar-refractivity contribution in [1.29, 1.82) is 0 Å². The molecule has 174 valence electrons. The number of rotatable bonds is 6. The molecular weight excluding hydrogens is 521 g/mol. The molecule has 2 amide bonds. The second-order valence-corrected chi connectivity index (χ2v) is 10.1. The highest BCUT2D eigenvalue weighted by Gasteiger charge is 2.67. The lowest BCUT2D eigenvalue weighted by molar-refractivity contribution is -0.117. The zero-order valence-electron chi connectivity index (χ0n) is 17.4. The maximum atomic E-state index is 13.1. The van der Waals surface area contributed by atoms with Gasteiger partial charge in [-0.1, -0.05) is 41.9 Å². The molecule has 0 unspecified atom stereocenters. The predicted octanol–water partition coefficient (Wildman–Crippen LogP) is 7.55. The largest absolute Gasteiger partial charge is 0.326 e. The molecule has 1 fully saturated rings. The van der Waals surface area contributed by atoms with Crippen LogP contribution in [0, 0.1) is 11.7 Å². The molecule has 4 nitrogen and oxygen atoms in total. The Morgan fingerprint density at radius 2 is 1.62 bits per heavy atom. The Bertz CT molecular complexity index is 1290. The van der Waals surface area contributed by atoms with Crippen molar-refractivity contribution >= 4 is 75.7 Å². The van der Waals surface area contributed by atoms with Crippen LogP contribution in [-0.4, -0.2) is 16.1 Å². The molecule has 0 aromatic heterocycles. The monoisotopic (exact) mass is 536 g/mol. The maximum Gasteiger partial charge on any atom is 0.257 e. The van der Waals surface area contributed by atoms with Crippen molar-refractivity contribution in [3.8, 4) is 0 Å². The summed E-state index contributed by atoms with van der Waals surface area (Å²) in [5, 5.41) is 6.05. The van der Waals surface area contributed by atoms with E-state index in [0.29, 0.717) is 16.4 Å². The van der Waals surface area contributed by atoms with Gasteiger partial charge in [-0.05, 0) is 65.7 Å². The van der Waals surface area contributed by atoms with Gasteiger partial charge in [-0.3, -0.25) is 9.59 Å². The van der Waals surface area contributed by atoms with E-state index in [1.807, 2.05) is 6.07 Å². The van der Waals surface area contributed by atoms with Crippen molar-refractivity contribution in [3.63, 3.8) is 0 Å². The molecule has 9 heteroatoms. The molecule has 4 rings (SSSR count). The van der Waals surface area contributed by atoms with Gasteiger partial charge in [0, 0.05) is 22.3 Å². The van der Waals surface area contributed by atoms with Gasteiger partial charge in [0.05, 0.1) is 16.5 Å². The third-order valence-corrected chi connectivity index (χ3v) is 6.94. The zero-order chi connectivity index (χ0) is 24.6. The van der Waals surface area contributed by atoms with Gasteiger partial charge < -0.3 is 10.6 Å². The lowest BCUT2D eigenvalue weighted by Gasteiger charge is -2.10. The molecule has 0 saturated heterocycles. The van der Waals surface area contributed by atoms with E-state index in [9.17, 15) is 14.0 Å². The molecule has 1 aliphatic rings. The topological polar surface area (TPSA) is 58.2 Å². The van der Waals surface area contributed by atoms with E-state index in [4.69, 9.17) is 46.4 Å². The summed E-state index contributed by atoms with van der Waals surface area (Å²) in [7, 11) is 0. The molecule has 0 aliphatic heterocycles. The van der Waals surface area contributed by atoms with Gasteiger partial charge in [-0.25, -0.2) is 4.39 Å². The fourth-order valence-corrected chi connectivity index (χ4v) is 5.01. The van der Waals surface area contributed by atoms with Gasteiger partial charge >= 0.3 is 0 Å². The quantitative estimate of drug-likeness (QED) is 0.319. The van der Waals surface area contributed by atoms with E-state index in [1.165, 1.54) is 36.4 Å². The van der Waals surface area contributed by atoms with Crippen molar-refractivity contribution in [2.24, 2.45) is 5.92 Å². The summed E-state index contributed by atoms with van der Waals surface area (Å²) in [6.45, 7) is 3.73. The molecule has 0 bridgehead atoms. The molecule has 0 spiro atoms. The SMILES string of the molecule is C=Cc1cc(Cl)cc([C@@H]2[C@@H](C(=O)Nc3ccc(Cl)c(C(=O)Nc4ccc(F)cc4)c3)C2(Cl)Cl)c1. The van der Waals surface area contributed by atoms with Gasteiger partial charge in [0.15, 0.2) is 0 Å². The molecule has 0 radical (unpaired) electrons. The number of hydrogen-bond acceptors (Lipinski definition) is 2. The smallest absolute Gasteiger partial charge is 0.257 e. The highest BCUT2D eigenvalue weighted by atomic mass is 35.5. The van der Waals surface area contributed by atoms with Crippen molar-refractivity contribution in [2.45, 2.75) is 10.3 Å². The minimum absolute atomic E-state index is 0.129. The second kappa shape index (κ2) is 9.59. The van der Waals surface area contributed by atoms with Crippen LogP contribution < -0.4 is 10.6 Å². The Balaban J connectivity index is 1.51. The Morgan fingerprint density at radius 3 is 2.29 bits per heavy atom. The number of halogens is 5. The third kappa shape index (κ3) is 5.08. The van der Waals surface area contributed by atoms with E-state index in [-0.39, 0.29) is 10.6 Å². The van der Waals surface area contributed by atoms with E-state index < -0.39 is 33.8 Å². The van der Waals surface area contributed by atoms with Crippen molar-refractivity contribution < 1.29 is 14.0 Å². The summed E-state index contributed by atoms with van der Waals surface area (Å²) in [6, 6.07) is 15.1. The van der Waals surface area contributed by atoms with E-state index in [1.54, 1.807) is 24.3 Å². The van der Waals surface area contributed by atoms with E-state index >= 15 is 0 Å². The number of hydrogen-bond donors (Lipinski definition) is 2. The van der Waals surface area contributed by atoms with Gasteiger partial charge in [0.25, 0.3) is 5.91 Å². The van der Waals surface area contributed by atoms with Crippen LogP contribution in [0.4, 0.5) is 15.8 Å². The standard InChI is InChI=1S/C25H17Cl4FN2O2/c1-2-13-9-14(11-15(26)10-13)21-22(25(21,28)29)24(34)32-18-7-8-20(27)19(12-18)23(33)31-17-5-3-16(30)4-6-17/h2-12,21-22H,1H2,(H,31,33)(H,32,34)/t21-,22+/m1/s1. The lowest BCUT2D eigenvalue weighted by Crippen LogP contribution is -2.18. The van der Waals surface area contributed by atoms with Crippen molar-refractivity contribution in [3.05, 3.63) is 99.8 Å². The summed E-state index contributed by atoms with van der Waals surface area (Å²) in [6.07, 6.45) is 1.64. The summed E-state index contributed by atoms with van der Waals surface area (Å²) in [5.74, 6) is -2.56. The van der Waals surface area contributed by atoms with Crippen molar-refractivity contribution in [2.75, 3.05) is 10.6 Å². The van der Waals surface area contributed by atoms with Gasteiger partial charge in [0.2, 0.25) is 5.91 Å². The number of carbonyl (C=O) groups is 2. The fraction of sp³-hybridized carbons (Fsp3) is 0.120. The molecular formula is C25H17Cl4FN2O2. The number of amides is 2. The first-order valence-electron chi connectivity index (χ1n) is 10.1. The van der Waals surface area contributed by atoms with E-state index in [2.05, 4.69) is 17.2 Å². The first kappa shape index (κ1) is 24.6. The molecule has 0 heterocycles. The molecule has 2 N–H and O–H groups in total.